The minimum absolute atomic E-state index is 0.0213. The number of Topliss-reactive ketones (excluding diaryl/α,β-unsaturated/α-hetero) is 1. The summed E-state index contributed by atoms with van der Waals surface area (Å²) in [6.45, 7) is 1.74. The second-order valence-electron chi connectivity index (χ2n) is 5.46. The van der Waals surface area contributed by atoms with Gasteiger partial charge in [-0.3, -0.25) is 9.59 Å². The van der Waals surface area contributed by atoms with Gasteiger partial charge in [-0.1, -0.05) is 18.2 Å². The Morgan fingerprint density at radius 3 is 2.36 bits per heavy atom. The Bertz CT molecular complexity index is 866. The summed E-state index contributed by atoms with van der Waals surface area (Å²) in [4.78, 5) is 23.5. The summed E-state index contributed by atoms with van der Waals surface area (Å²) in [5.41, 5.74) is 1.19. The highest BCUT2D eigenvalue weighted by Crippen LogP contribution is 2.16. The minimum atomic E-state index is -0.360. The van der Waals surface area contributed by atoms with Gasteiger partial charge < -0.3 is 14.5 Å². The smallest absolute Gasteiger partial charge is 0.291 e. The van der Waals surface area contributed by atoms with Gasteiger partial charge in [0, 0.05) is 11.3 Å². The van der Waals surface area contributed by atoms with Gasteiger partial charge in [0.1, 0.15) is 18.1 Å². The van der Waals surface area contributed by atoms with Crippen LogP contribution < -0.4 is 10.1 Å². The average molecular weight is 335 g/mol. The summed E-state index contributed by atoms with van der Waals surface area (Å²) < 4.78 is 11.1. The van der Waals surface area contributed by atoms with Crippen molar-refractivity contribution in [2.75, 3.05) is 5.32 Å². The maximum atomic E-state index is 12.2. The summed E-state index contributed by atoms with van der Waals surface area (Å²) in [6, 6.07) is 19.4. The highest BCUT2D eigenvalue weighted by atomic mass is 16.5. The number of anilines is 1. The Balaban J connectivity index is 1.59. The van der Waals surface area contributed by atoms with Gasteiger partial charge >= 0.3 is 0 Å². The van der Waals surface area contributed by atoms with Gasteiger partial charge in [-0.15, -0.1) is 0 Å². The van der Waals surface area contributed by atoms with Crippen molar-refractivity contribution in [2.24, 2.45) is 0 Å². The van der Waals surface area contributed by atoms with E-state index in [0.29, 0.717) is 17.0 Å². The summed E-state index contributed by atoms with van der Waals surface area (Å²) >= 11 is 0. The Hall–Kier alpha value is -3.34. The van der Waals surface area contributed by atoms with Crippen molar-refractivity contribution in [3.63, 3.8) is 0 Å². The van der Waals surface area contributed by atoms with E-state index in [1.54, 1.807) is 36.4 Å². The first-order valence-electron chi connectivity index (χ1n) is 7.81. The predicted molar refractivity (Wildman–Crippen MR) is 93.9 cm³/mol. The van der Waals surface area contributed by atoms with E-state index in [2.05, 4.69) is 5.32 Å². The second-order valence-corrected chi connectivity index (χ2v) is 5.46. The first kappa shape index (κ1) is 16.5. The van der Waals surface area contributed by atoms with E-state index in [0.717, 1.165) is 5.75 Å². The van der Waals surface area contributed by atoms with Crippen molar-refractivity contribution >= 4 is 17.4 Å². The molecule has 2 aromatic carbocycles. The van der Waals surface area contributed by atoms with Crippen LogP contribution in [0.3, 0.4) is 0 Å². The molecule has 5 heteroatoms. The lowest BCUT2D eigenvalue weighted by atomic mass is 10.1. The monoisotopic (exact) mass is 335 g/mol. The van der Waals surface area contributed by atoms with Crippen LogP contribution in [0.25, 0.3) is 0 Å². The number of rotatable bonds is 6. The molecule has 3 aromatic rings. The molecule has 0 fully saturated rings. The van der Waals surface area contributed by atoms with Crippen molar-refractivity contribution in [3.05, 3.63) is 83.8 Å². The number of hydrogen-bond acceptors (Lipinski definition) is 4. The number of ketones is 1. The van der Waals surface area contributed by atoms with Crippen LogP contribution in [0, 0.1) is 0 Å². The molecule has 126 valence electrons. The minimum Gasteiger partial charge on any atom is -0.486 e. The van der Waals surface area contributed by atoms with Crippen molar-refractivity contribution < 1.29 is 18.7 Å². The topological polar surface area (TPSA) is 68.5 Å². The van der Waals surface area contributed by atoms with Crippen molar-refractivity contribution in [1.29, 1.82) is 0 Å². The zero-order chi connectivity index (χ0) is 17.6. The molecule has 0 aliphatic rings. The van der Waals surface area contributed by atoms with Crippen molar-refractivity contribution in [1.82, 2.24) is 0 Å². The molecule has 5 nitrogen and oxygen atoms in total. The molecule has 1 amide bonds. The Morgan fingerprint density at radius 2 is 1.68 bits per heavy atom. The van der Waals surface area contributed by atoms with Gasteiger partial charge in [-0.05, 0) is 55.5 Å². The number of hydrogen-bond donors (Lipinski definition) is 1. The third-order valence-electron chi connectivity index (χ3n) is 3.56. The van der Waals surface area contributed by atoms with E-state index in [4.69, 9.17) is 9.15 Å². The SMILES string of the molecule is CC(=O)c1ccc(NC(=O)c2ccc(COc3ccccc3)o2)cc1. The maximum Gasteiger partial charge on any atom is 0.291 e. The lowest BCUT2D eigenvalue weighted by Gasteiger charge is -2.05. The maximum absolute atomic E-state index is 12.2. The van der Waals surface area contributed by atoms with Crippen LogP contribution in [0.5, 0.6) is 5.75 Å². The number of benzene rings is 2. The third-order valence-corrected chi connectivity index (χ3v) is 3.56. The number of furan rings is 1. The van der Waals surface area contributed by atoms with Crippen molar-refractivity contribution in [3.8, 4) is 5.75 Å². The summed E-state index contributed by atoms with van der Waals surface area (Å²) in [6.07, 6.45) is 0. The van der Waals surface area contributed by atoms with E-state index >= 15 is 0 Å². The Morgan fingerprint density at radius 1 is 0.960 bits per heavy atom. The van der Waals surface area contributed by atoms with E-state index < -0.39 is 0 Å². The quantitative estimate of drug-likeness (QED) is 0.681. The van der Waals surface area contributed by atoms with Gasteiger partial charge in [-0.2, -0.15) is 0 Å². The summed E-state index contributed by atoms with van der Waals surface area (Å²) in [7, 11) is 0. The average Bonchev–Trinajstić information content (AvgIpc) is 3.10. The Labute approximate surface area is 145 Å². The van der Waals surface area contributed by atoms with E-state index in [9.17, 15) is 9.59 Å². The lowest BCUT2D eigenvalue weighted by Crippen LogP contribution is -2.11. The van der Waals surface area contributed by atoms with Crippen LogP contribution in [0.1, 0.15) is 33.6 Å². The molecular weight excluding hydrogens is 318 g/mol. The number of amides is 1. The first-order valence-corrected chi connectivity index (χ1v) is 7.81. The fourth-order valence-corrected chi connectivity index (χ4v) is 2.23. The molecule has 25 heavy (non-hydrogen) atoms. The van der Waals surface area contributed by atoms with Gasteiger partial charge in [0.2, 0.25) is 0 Å². The molecule has 1 heterocycles. The fraction of sp³-hybridized carbons (Fsp3) is 0.100. The normalized spacial score (nSPS) is 10.3. The van der Waals surface area contributed by atoms with Gasteiger partial charge in [0.25, 0.3) is 5.91 Å². The van der Waals surface area contributed by atoms with Crippen LogP contribution in [-0.2, 0) is 6.61 Å². The van der Waals surface area contributed by atoms with Crippen LogP contribution >= 0.6 is 0 Å². The molecule has 0 saturated heterocycles. The van der Waals surface area contributed by atoms with E-state index in [-0.39, 0.29) is 24.1 Å². The zero-order valence-corrected chi connectivity index (χ0v) is 13.7. The van der Waals surface area contributed by atoms with E-state index in [1.807, 2.05) is 30.3 Å². The highest BCUT2D eigenvalue weighted by Gasteiger charge is 2.12. The molecular formula is C20H17NO4. The Kier molecular flexibility index (Phi) is 4.95. The standard InChI is InChI=1S/C20H17NO4/c1-14(22)15-7-9-16(10-8-15)21-20(23)19-12-11-18(25-19)13-24-17-5-3-2-4-6-17/h2-12H,13H2,1H3,(H,21,23). The third kappa shape index (κ3) is 4.35. The number of para-hydroxylation sites is 1. The van der Waals surface area contributed by atoms with Crippen LogP contribution in [0.15, 0.2) is 71.1 Å². The highest BCUT2D eigenvalue weighted by molar-refractivity contribution is 6.02. The molecule has 0 saturated carbocycles. The van der Waals surface area contributed by atoms with Crippen LogP contribution in [0.4, 0.5) is 5.69 Å². The molecule has 0 aliphatic heterocycles. The van der Waals surface area contributed by atoms with Crippen LogP contribution in [-0.4, -0.2) is 11.7 Å². The fourth-order valence-electron chi connectivity index (χ4n) is 2.23. The van der Waals surface area contributed by atoms with E-state index in [1.165, 1.54) is 6.92 Å². The molecule has 0 bridgehead atoms. The van der Waals surface area contributed by atoms with Gasteiger partial charge in [-0.25, -0.2) is 0 Å². The van der Waals surface area contributed by atoms with Crippen molar-refractivity contribution in [2.45, 2.75) is 13.5 Å². The van der Waals surface area contributed by atoms with Gasteiger partial charge in [0.15, 0.2) is 11.5 Å². The molecule has 0 aliphatic carbocycles. The largest absolute Gasteiger partial charge is 0.486 e. The van der Waals surface area contributed by atoms with Gasteiger partial charge in [0.05, 0.1) is 0 Å². The first-order chi connectivity index (χ1) is 12.1. The number of ether oxygens (including phenoxy) is 1. The molecule has 0 radical (unpaired) electrons. The number of nitrogens with one attached hydrogen (secondary N) is 1. The lowest BCUT2D eigenvalue weighted by molar-refractivity contribution is 0.0990. The zero-order valence-electron chi connectivity index (χ0n) is 13.7. The number of carbonyl (C=O) groups is 2. The number of carbonyl (C=O) groups excluding carboxylic acids is 2. The molecule has 0 unspecified atom stereocenters. The molecule has 0 spiro atoms. The van der Waals surface area contributed by atoms with Crippen LogP contribution in [0.2, 0.25) is 0 Å². The molecule has 0 atom stereocenters. The molecule has 3 rings (SSSR count). The summed E-state index contributed by atoms with van der Waals surface area (Å²) in [5.74, 6) is 1.10. The molecule has 1 N–H and O–H groups in total. The molecule has 1 aromatic heterocycles. The second kappa shape index (κ2) is 7.49. The summed E-state index contributed by atoms with van der Waals surface area (Å²) in [5, 5.41) is 2.73. The predicted octanol–water partition coefficient (Wildman–Crippen LogP) is 4.31.